The molecule has 0 aliphatic rings. The molecule has 1 aromatic rings. The summed E-state index contributed by atoms with van der Waals surface area (Å²) >= 11 is 4.97. The number of thioether (sulfide) groups is 1. The monoisotopic (exact) mass is 386 g/mol. The molecule has 5 nitrogen and oxygen atoms in total. The van der Waals surface area contributed by atoms with Gasteiger partial charge in [0, 0.05) is 15.9 Å². The standard InChI is InChI=1S/C15H19BrN2O3S/c1-3-21-15(20)8-11(2)17-18-14(19)10-22-9-12-6-4-5-7-13(12)16/h4-7H,3,8-10H2,1-2H3,(H,18,19)/b17-11-. The number of carbonyl (C=O) groups excluding carboxylic acids is 2. The number of hydrogen-bond acceptors (Lipinski definition) is 5. The predicted octanol–water partition coefficient (Wildman–Crippen LogP) is 3.13. The number of nitrogens with zero attached hydrogens (tertiary/aromatic N) is 1. The molecule has 0 aromatic heterocycles. The molecule has 0 saturated heterocycles. The average Bonchev–Trinajstić information content (AvgIpc) is 2.47. The van der Waals surface area contributed by atoms with Gasteiger partial charge in [-0.1, -0.05) is 34.1 Å². The number of hydrazone groups is 1. The number of ether oxygens (including phenoxy) is 1. The number of rotatable bonds is 8. The number of esters is 1. The molecule has 1 N–H and O–H groups in total. The van der Waals surface area contributed by atoms with E-state index >= 15 is 0 Å². The summed E-state index contributed by atoms with van der Waals surface area (Å²) in [4.78, 5) is 22.9. The van der Waals surface area contributed by atoms with Crippen LogP contribution >= 0.6 is 27.7 Å². The minimum Gasteiger partial charge on any atom is -0.466 e. The number of carbonyl (C=O) groups is 2. The van der Waals surface area contributed by atoms with Gasteiger partial charge in [0.25, 0.3) is 0 Å². The maximum absolute atomic E-state index is 11.7. The van der Waals surface area contributed by atoms with Gasteiger partial charge in [0.1, 0.15) is 0 Å². The molecule has 0 aliphatic heterocycles. The minimum absolute atomic E-state index is 0.0816. The smallest absolute Gasteiger partial charge is 0.311 e. The minimum atomic E-state index is -0.346. The molecule has 0 fully saturated rings. The van der Waals surface area contributed by atoms with Crippen molar-refractivity contribution in [3.63, 3.8) is 0 Å². The van der Waals surface area contributed by atoms with Crippen LogP contribution in [0.15, 0.2) is 33.8 Å². The lowest BCUT2D eigenvalue weighted by molar-refractivity contribution is -0.141. The molecular formula is C15H19BrN2O3S. The molecule has 7 heteroatoms. The molecule has 0 radical (unpaired) electrons. The van der Waals surface area contributed by atoms with Crippen molar-refractivity contribution in [1.82, 2.24) is 5.43 Å². The Bertz CT molecular complexity index is 549. The second kappa shape index (κ2) is 10.4. The maximum atomic E-state index is 11.7. The summed E-state index contributed by atoms with van der Waals surface area (Å²) in [5.74, 6) is 0.499. The molecule has 0 aliphatic carbocycles. The van der Waals surface area contributed by atoms with E-state index in [1.54, 1.807) is 13.8 Å². The molecule has 0 saturated carbocycles. The molecule has 1 rings (SSSR count). The van der Waals surface area contributed by atoms with E-state index < -0.39 is 0 Å². The van der Waals surface area contributed by atoms with Crippen LogP contribution in [0.3, 0.4) is 0 Å². The van der Waals surface area contributed by atoms with Gasteiger partial charge in [0.15, 0.2) is 0 Å². The van der Waals surface area contributed by atoms with Crippen molar-refractivity contribution in [2.75, 3.05) is 12.4 Å². The van der Waals surface area contributed by atoms with Gasteiger partial charge in [-0.2, -0.15) is 5.10 Å². The van der Waals surface area contributed by atoms with Crippen LogP contribution in [0.1, 0.15) is 25.8 Å². The van der Waals surface area contributed by atoms with Crippen molar-refractivity contribution in [2.24, 2.45) is 5.10 Å². The zero-order valence-electron chi connectivity index (χ0n) is 12.6. The van der Waals surface area contributed by atoms with Crippen LogP contribution in [-0.4, -0.2) is 29.9 Å². The van der Waals surface area contributed by atoms with E-state index in [0.717, 1.165) is 15.8 Å². The highest BCUT2D eigenvalue weighted by Gasteiger charge is 2.06. The van der Waals surface area contributed by atoms with Crippen LogP contribution in [0.2, 0.25) is 0 Å². The maximum Gasteiger partial charge on any atom is 0.311 e. The molecular weight excluding hydrogens is 368 g/mol. The van der Waals surface area contributed by atoms with E-state index in [4.69, 9.17) is 4.74 Å². The highest BCUT2D eigenvalue weighted by atomic mass is 79.9. The summed E-state index contributed by atoms with van der Waals surface area (Å²) in [6.07, 6.45) is 0.0816. The van der Waals surface area contributed by atoms with Crippen molar-refractivity contribution in [3.8, 4) is 0 Å². The van der Waals surface area contributed by atoms with E-state index in [2.05, 4.69) is 26.5 Å². The Morgan fingerprint density at radius 2 is 2.09 bits per heavy atom. The molecule has 0 bridgehead atoms. The van der Waals surface area contributed by atoms with E-state index in [-0.39, 0.29) is 18.3 Å². The first-order chi connectivity index (χ1) is 10.5. The van der Waals surface area contributed by atoms with Crippen molar-refractivity contribution in [3.05, 3.63) is 34.3 Å². The Hall–Kier alpha value is -1.34. The zero-order valence-corrected chi connectivity index (χ0v) is 15.0. The van der Waals surface area contributed by atoms with Crippen molar-refractivity contribution >= 4 is 45.3 Å². The van der Waals surface area contributed by atoms with Gasteiger partial charge in [0.05, 0.1) is 18.8 Å². The zero-order chi connectivity index (χ0) is 16.4. The fourth-order valence-electron chi connectivity index (χ4n) is 1.52. The molecule has 22 heavy (non-hydrogen) atoms. The summed E-state index contributed by atoms with van der Waals surface area (Å²) < 4.78 is 5.84. The number of hydrogen-bond donors (Lipinski definition) is 1. The average molecular weight is 387 g/mol. The van der Waals surface area contributed by atoms with Gasteiger partial charge < -0.3 is 4.74 Å². The van der Waals surface area contributed by atoms with Crippen molar-refractivity contribution < 1.29 is 14.3 Å². The fraction of sp³-hybridized carbons (Fsp3) is 0.400. The quantitative estimate of drug-likeness (QED) is 0.423. The lowest BCUT2D eigenvalue weighted by Crippen LogP contribution is -2.22. The Morgan fingerprint density at radius 3 is 2.77 bits per heavy atom. The second-order valence-electron chi connectivity index (χ2n) is 4.45. The summed E-state index contributed by atoms with van der Waals surface area (Å²) in [5, 5.41) is 3.88. The summed E-state index contributed by atoms with van der Waals surface area (Å²) in [5.41, 5.74) is 4.10. The second-order valence-corrected chi connectivity index (χ2v) is 6.29. The first-order valence-electron chi connectivity index (χ1n) is 6.81. The molecule has 120 valence electrons. The van der Waals surface area contributed by atoms with Crippen molar-refractivity contribution in [1.29, 1.82) is 0 Å². The normalized spacial score (nSPS) is 11.1. The van der Waals surface area contributed by atoms with Crippen LogP contribution in [0, 0.1) is 0 Å². The highest BCUT2D eigenvalue weighted by Crippen LogP contribution is 2.20. The molecule has 0 heterocycles. The number of halogens is 1. The Balaban J connectivity index is 2.28. The van der Waals surface area contributed by atoms with Gasteiger partial charge in [-0.05, 0) is 25.5 Å². The van der Waals surface area contributed by atoms with Crippen LogP contribution in [0.25, 0.3) is 0 Å². The highest BCUT2D eigenvalue weighted by molar-refractivity contribution is 9.10. The van der Waals surface area contributed by atoms with Crippen LogP contribution in [0.5, 0.6) is 0 Å². The Morgan fingerprint density at radius 1 is 1.36 bits per heavy atom. The van der Waals surface area contributed by atoms with Crippen LogP contribution in [-0.2, 0) is 20.1 Å². The predicted molar refractivity (Wildman–Crippen MR) is 92.8 cm³/mol. The van der Waals surface area contributed by atoms with Crippen LogP contribution < -0.4 is 5.43 Å². The molecule has 0 atom stereocenters. The third-order valence-electron chi connectivity index (χ3n) is 2.53. The largest absolute Gasteiger partial charge is 0.466 e. The van der Waals surface area contributed by atoms with E-state index in [9.17, 15) is 9.59 Å². The number of nitrogens with one attached hydrogen (secondary N) is 1. The molecule has 0 unspecified atom stereocenters. The van der Waals surface area contributed by atoms with Gasteiger partial charge in [-0.25, -0.2) is 5.43 Å². The molecule has 1 aromatic carbocycles. The number of amides is 1. The van der Waals surface area contributed by atoms with Crippen LogP contribution in [0.4, 0.5) is 0 Å². The lowest BCUT2D eigenvalue weighted by atomic mass is 10.2. The summed E-state index contributed by atoms with van der Waals surface area (Å²) in [6.45, 7) is 3.75. The van der Waals surface area contributed by atoms with Gasteiger partial charge >= 0.3 is 5.97 Å². The van der Waals surface area contributed by atoms with Gasteiger partial charge in [-0.15, -0.1) is 11.8 Å². The topological polar surface area (TPSA) is 67.8 Å². The van der Waals surface area contributed by atoms with E-state index in [1.807, 2.05) is 24.3 Å². The van der Waals surface area contributed by atoms with Gasteiger partial charge in [-0.3, -0.25) is 9.59 Å². The molecule has 0 spiro atoms. The third-order valence-corrected chi connectivity index (χ3v) is 4.28. The van der Waals surface area contributed by atoms with Gasteiger partial charge in [0.2, 0.25) is 5.91 Å². The Kier molecular flexibility index (Phi) is 8.84. The third kappa shape index (κ3) is 7.61. The van der Waals surface area contributed by atoms with E-state index in [1.165, 1.54) is 11.8 Å². The number of benzene rings is 1. The first-order valence-corrected chi connectivity index (χ1v) is 8.76. The fourth-order valence-corrected chi connectivity index (χ4v) is 2.95. The van der Waals surface area contributed by atoms with Crippen molar-refractivity contribution in [2.45, 2.75) is 26.0 Å². The summed E-state index contributed by atoms with van der Waals surface area (Å²) in [6, 6.07) is 7.89. The first kappa shape index (κ1) is 18.7. The molecule has 1 amide bonds. The Labute approximate surface area is 143 Å². The SMILES string of the molecule is CCOC(=O)C/C(C)=N\NC(=O)CSCc1ccccc1Br. The summed E-state index contributed by atoms with van der Waals surface area (Å²) in [7, 11) is 0. The lowest BCUT2D eigenvalue weighted by Gasteiger charge is -2.05. The van der Waals surface area contributed by atoms with E-state index in [0.29, 0.717) is 18.1 Å².